The monoisotopic (exact) mass is 290 g/mol. The summed E-state index contributed by atoms with van der Waals surface area (Å²) in [5.74, 6) is 1.15. The second kappa shape index (κ2) is 5.49. The average molecular weight is 291 g/mol. The predicted octanol–water partition coefficient (Wildman–Crippen LogP) is 3.11. The van der Waals surface area contributed by atoms with Crippen molar-refractivity contribution >= 4 is 28.4 Å². The molecule has 1 aliphatic heterocycles. The number of likely N-dealkylation sites (tertiary alicyclic amines) is 1. The Morgan fingerprint density at radius 1 is 1.40 bits per heavy atom. The van der Waals surface area contributed by atoms with E-state index in [0.717, 1.165) is 19.5 Å². The molecule has 1 saturated heterocycles. The normalized spacial score (nSPS) is 19.2. The van der Waals surface area contributed by atoms with Crippen molar-refractivity contribution < 1.29 is 4.79 Å². The van der Waals surface area contributed by atoms with Crippen LogP contribution in [0.5, 0.6) is 0 Å². The molecule has 0 spiro atoms. The number of amides is 1. The Morgan fingerprint density at radius 3 is 2.95 bits per heavy atom. The summed E-state index contributed by atoms with van der Waals surface area (Å²) in [6, 6.07) is 8.33. The summed E-state index contributed by atoms with van der Waals surface area (Å²) in [6.45, 7) is 3.70. The molecule has 1 unspecified atom stereocenters. The minimum absolute atomic E-state index is 0.244. The van der Waals surface area contributed by atoms with Gasteiger partial charge in [0.15, 0.2) is 0 Å². The Balaban J connectivity index is 1.74. The van der Waals surface area contributed by atoms with E-state index in [2.05, 4.69) is 30.1 Å². The Kier molecular flexibility index (Phi) is 3.70. The van der Waals surface area contributed by atoms with Gasteiger partial charge in [-0.3, -0.25) is 4.79 Å². The first-order chi connectivity index (χ1) is 9.69. The summed E-state index contributed by atoms with van der Waals surface area (Å²) in [6.07, 6.45) is 1.51. The Bertz CT molecular complexity index is 634. The van der Waals surface area contributed by atoms with Gasteiger partial charge in [-0.1, -0.05) is 18.2 Å². The number of rotatable bonds is 4. The van der Waals surface area contributed by atoms with Crippen LogP contribution in [0.15, 0.2) is 24.3 Å². The zero-order valence-electron chi connectivity index (χ0n) is 11.7. The molecule has 2 heterocycles. The number of hydrogen-bond acceptors (Lipinski definition) is 1. The molecule has 0 saturated carbocycles. The first-order valence-corrected chi connectivity index (χ1v) is 7.62. The molecule has 3 rings (SSSR count). The number of alkyl halides is 1. The third kappa shape index (κ3) is 2.42. The van der Waals surface area contributed by atoms with Crippen molar-refractivity contribution in [2.45, 2.75) is 19.8 Å². The van der Waals surface area contributed by atoms with Crippen LogP contribution in [0.3, 0.4) is 0 Å². The molecule has 2 aromatic rings. The first-order valence-electron chi connectivity index (χ1n) is 7.09. The molecule has 1 amide bonds. The van der Waals surface area contributed by atoms with Gasteiger partial charge in [0.1, 0.15) is 0 Å². The van der Waals surface area contributed by atoms with Gasteiger partial charge in [0, 0.05) is 42.0 Å². The van der Waals surface area contributed by atoms with Crippen molar-refractivity contribution in [2.24, 2.45) is 5.92 Å². The SMILES string of the molecule is Cc1[nH]c2ccccc2c1CCN1CC(CCl)CC1=O. The second-order valence-electron chi connectivity index (χ2n) is 5.59. The number of fused-ring (bicyclic) bond motifs is 1. The number of aromatic amines is 1. The smallest absolute Gasteiger partial charge is 0.222 e. The zero-order chi connectivity index (χ0) is 14.1. The fourth-order valence-corrected chi connectivity index (χ4v) is 3.28. The maximum Gasteiger partial charge on any atom is 0.222 e. The molecule has 0 bridgehead atoms. The topological polar surface area (TPSA) is 36.1 Å². The highest BCUT2D eigenvalue weighted by molar-refractivity contribution is 6.18. The van der Waals surface area contributed by atoms with Crippen molar-refractivity contribution in [3.63, 3.8) is 0 Å². The van der Waals surface area contributed by atoms with Gasteiger partial charge >= 0.3 is 0 Å². The first kappa shape index (κ1) is 13.5. The maximum atomic E-state index is 11.9. The molecule has 106 valence electrons. The van der Waals surface area contributed by atoms with Crippen LogP contribution in [0.1, 0.15) is 17.7 Å². The van der Waals surface area contributed by atoms with Crippen LogP contribution >= 0.6 is 11.6 Å². The lowest BCUT2D eigenvalue weighted by molar-refractivity contribution is -0.127. The van der Waals surface area contributed by atoms with Gasteiger partial charge in [-0.15, -0.1) is 11.6 Å². The van der Waals surface area contributed by atoms with Crippen molar-refractivity contribution in [2.75, 3.05) is 19.0 Å². The van der Waals surface area contributed by atoms with Gasteiger partial charge in [0.05, 0.1) is 0 Å². The van der Waals surface area contributed by atoms with Gasteiger partial charge in [0.2, 0.25) is 5.91 Å². The van der Waals surface area contributed by atoms with Crippen molar-refractivity contribution in [3.8, 4) is 0 Å². The number of carbonyl (C=O) groups excluding carboxylic acids is 1. The summed E-state index contributed by atoms with van der Waals surface area (Å²) < 4.78 is 0. The highest BCUT2D eigenvalue weighted by Gasteiger charge is 2.28. The molecule has 1 N–H and O–H groups in total. The average Bonchev–Trinajstić information content (AvgIpc) is 2.96. The van der Waals surface area contributed by atoms with E-state index < -0.39 is 0 Å². The highest BCUT2D eigenvalue weighted by Crippen LogP contribution is 2.24. The molecule has 3 nitrogen and oxygen atoms in total. The van der Waals surface area contributed by atoms with Gasteiger partial charge in [0.25, 0.3) is 0 Å². The van der Waals surface area contributed by atoms with E-state index >= 15 is 0 Å². The molecule has 1 aliphatic rings. The third-order valence-electron chi connectivity index (χ3n) is 4.17. The lowest BCUT2D eigenvalue weighted by Gasteiger charge is -2.16. The molecule has 20 heavy (non-hydrogen) atoms. The highest BCUT2D eigenvalue weighted by atomic mass is 35.5. The van der Waals surface area contributed by atoms with E-state index in [-0.39, 0.29) is 5.91 Å². The number of benzene rings is 1. The molecular weight excluding hydrogens is 272 g/mol. The van der Waals surface area contributed by atoms with Crippen LogP contribution in [0.4, 0.5) is 0 Å². The summed E-state index contributed by atoms with van der Waals surface area (Å²) in [5.41, 5.74) is 3.70. The number of halogens is 1. The zero-order valence-corrected chi connectivity index (χ0v) is 12.4. The van der Waals surface area contributed by atoms with E-state index in [9.17, 15) is 4.79 Å². The van der Waals surface area contributed by atoms with Crippen molar-refractivity contribution in [3.05, 3.63) is 35.5 Å². The van der Waals surface area contributed by atoms with Crippen LogP contribution in [0.2, 0.25) is 0 Å². The number of para-hydroxylation sites is 1. The Hall–Kier alpha value is -1.48. The van der Waals surface area contributed by atoms with Gasteiger partial charge in [-0.25, -0.2) is 0 Å². The fourth-order valence-electron chi connectivity index (χ4n) is 3.08. The summed E-state index contributed by atoms with van der Waals surface area (Å²) in [4.78, 5) is 17.3. The summed E-state index contributed by atoms with van der Waals surface area (Å²) >= 11 is 5.86. The fraction of sp³-hybridized carbons (Fsp3) is 0.438. The largest absolute Gasteiger partial charge is 0.358 e. The summed E-state index contributed by atoms with van der Waals surface area (Å²) in [7, 11) is 0. The van der Waals surface area contributed by atoms with Crippen LogP contribution in [-0.2, 0) is 11.2 Å². The molecule has 1 atom stereocenters. The second-order valence-corrected chi connectivity index (χ2v) is 5.90. The quantitative estimate of drug-likeness (QED) is 0.863. The number of hydrogen-bond donors (Lipinski definition) is 1. The van der Waals surface area contributed by atoms with E-state index in [1.807, 2.05) is 11.0 Å². The standard InChI is InChI=1S/C16H19ClN2O/c1-11-13(14-4-2-3-5-15(14)18-11)6-7-19-10-12(9-17)8-16(19)20/h2-5,12,18H,6-10H2,1H3. The van der Waals surface area contributed by atoms with Crippen LogP contribution in [0.25, 0.3) is 10.9 Å². The van der Waals surface area contributed by atoms with E-state index in [4.69, 9.17) is 11.6 Å². The van der Waals surface area contributed by atoms with Crippen LogP contribution < -0.4 is 0 Å². The van der Waals surface area contributed by atoms with Crippen molar-refractivity contribution in [1.29, 1.82) is 0 Å². The minimum Gasteiger partial charge on any atom is -0.358 e. The van der Waals surface area contributed by atoms with Crippen molar-refractivity contribution in [1.82, 2.24) is 9.88 Å². The van der Waals surface area contributed by atoms with E-state index in [1.165, 1.54) is 22.2 Å². The minimum atomic E-state index is 0.244. The summed E-state index contributed by atoms with van der Waals surface area (Å²) in [5, 5.41) is 1.27. The van der Waals surface area contributed by atoms with Crippen LogP contribution in [-0.4, -0.2) is 34.8 Å². The van der Waals surface area contributed by atoms with Gasteiger partial charge in [-0.05, 0) is 30.9 Å². The third-order valence-corrected chi connectivity index (χ3v) is 4.61. The van der Waals surface area contributed by atoms with E-state index in [1.54, 1.807) is 0 Å². The van der Waals surface area contributed by atoms with Gasteiger partial charge < -0.3 is 9.88 Å². The number of H-pyrrole nitrogens is 1. The lowest BCUT2D eigenvalue weighted by Crippen LogP contribution is -2.27. The van der Waals surface area contributed by atoms with Gasteiger partial charge in [-0.2, -0.15) is 0 Å². The maximum absolute atomic E-state index is 11.9. The molecule has 0 radical (unpaired) electrons. The van der Waals surface area contributed by atoms with Crippen LogP contribution in [0, 0.1) is 12.8 Å². The van der Waals surface area contributed by atoms with E-state index in [0.29, 0.717) is 18.2 Å². The number of carbonyl (C=O) groups is 1. The Morgan fingerprint density at radius 2 is 2.20 bits per heavy atom. The molecular formula is C16H19ClN2O. The predicted molar refractivity (Wildman–Crippen MR) is 82.1 cm³/mol. The molecule has 1 aromatic carbocycles. The Labute approximate surface area is 123 Å². The number of aromatic nitrogens is 1. The number of nitrogens with zero attached hydrogens (tertiary/aromatic N) is 1. The number of nitrogens with one attached hydrogen (secondary N) is 1. The lowest BCUT2D eigenvalue weighted by atomic mass is 10.1. The molecule has 1 aromatic heterocycles. The molecule has 4 heteroatoms. The molecule has 0 aliphatic carbocycles. The number of aryl methyl sites for hydroxylation is 1. The molecule has 1 fully saturated rings.